The number of rotatable bonds is 6. The molecule has 3 rings (SSSR count). The molecule has 1 saturated heterocycles. The molecule has 5 heteroatoms. The summed E-state index contributed by atoms with van der Waals surface area (Å²) < 4.78 is 0. The fourth-order valence-electron chi connectivity index (χ4n) is 3.54. The third kappa shape index (κ3) is 4.49. The molecular weight excluding hydrogens is 328 g/mol. The van der Waals surface area contributed by atoms with Crippen LogP contribution in [0, 0.1) is 0 Å². The smallest absolute Gasteiger partial charge is 0.237 e. The molecule has 0 aromatic heterocycles. The van der Waals surface area contributed by atoms with Gasteiger partial charge < -0.3 is 20.8 Å². The predicted octanol–water partition coefficient (Wildman–Crippen LogP) is 1.73. The van der Waals surface area contributed by atoms with Crippen molar-refractivity contribution in [3.05, 3.63) is 71.8 Å². The molecule has 138 valence electrons. The van der Waals surface area contributed by atoms with Crippen molar-refractivity contribution in [1.82, 2.24) is 10.6 Å². The summed E-state index contributed by atoms with van der Waals surface area (Å²) >= 11 is 0. The van der Waals surface area contributed by atoms with Gasteiger partial charge in [-0.05, 0) is 36.4 Å². The zero-order chi connectivity index (χ0) is 18.4. The van der Waals surface area contributed by atoms with Gasteiger partial charge in [-0.15, -0.1) is 0 Å². The maximum Gasteiger partial charge on any atom is 0.237 e. The molecule has 0 radical (unpaired) electrons. The quantitative estimate of drug-likeness (QED) is 0.637. The Morgan fingerprint density at radius 1 is 1.12 bits per heavy atom. The van der Waals surface area contributed by atoms with Gasteiger partial charge in [-0.3, -0.25) is 4.79 Å². The Kier molecular flexibility index (Phi) is 6.39. The van der Waals surface area contributed by atoms with Crippen LogP contribution in [0.1, 0.15) is 36.0 Å². The molecular formula is C21H26N2O3. The summed E-state index contributed by atoms with van der Waals surface area (Å²) in [5.41, 5.74) is 1.92. The summed E-state index contributed by atoms with van der Waals surface area (Å²) in [5.74, 6) is 0.152. The van der Waals surface area contributed by atoms with Gasteiger partial charge in [-0.1, -0.05) is 60.7 Å². The van der Waals surface area contributed by atoms with Gasteiger partial charge in [0.25, 0.3) is 0 Å². The average molecular weight is 354 g/mol. The molecule has 1 amide bonds. The minimum atomic E-state index is -0.946. The number of benzene rings is 2. The average Bonchev–Trinajstić information content (AvgIpc) is 2.72. The molecule has 4 N–H and O–H groups in total. The topological polar surface area (TPSA) is 81.6 Å². The molecule has 1 aliphatic heterocycles. The van der Waals surface area contributed by atoms with Crippen LogP contribution in [0.25, 0.3) is 0 Å². The van der Waals surface area contributed by atoms with Gasteiger partial charge in [-0.25, -0.2) is 0 Å². The number of carbonyl (C=O) groups is 1. The van der Waals surface area contributed by atoms with Gasteiger partial charge >= 0.3 is 0 Å². The summed E-state index contributed by atoms with van der Waals surface area (Å²) in [6.45, 7) is 0.444. The first-order valence-corrected chi connectivity index (χ1v) is 9.11. The second-order valence-corrected chi connectivity index (χ2v) is 6.79. The number of aliphatic hydroxyl groups excluding tert-OH is 2. The number of piperidine rings is 1. The second kappa shape index (κ2) is 8.94. The van der Waals surface area contributed by atoms with Crippen molar-refractivity contribution in [3.8, 4) is 0 Å². The van der Waals surface area contributed by atoms with Crippen LogP contribution >= 0.6 is 0 Å². The molecule has 26 heavy (non-hydrogen) atoms. The van der Waals surface area contributed by atoms with Crippen molar-refractivity contribution in [3.63, 3.8) is 0 Å². The first-order valence-electron chi connectivity index (χ1n) is 9.11. The predicted molar refractivity (Wildman–Crippen MR) is 101 cm³/mol. The standard InChI is InChI=1S/C21H26N2O3/c24-14-19(20(25)16-9-5-2-6-10-16)23-21(26)18-13-17(11-12-22-18)15-7-3-1-4-8-15/h1-10,17-20,22,24-25H,11-14H2,(H,23,26). The highest BCUT2D eigenvalue weighted by Crippen LogP contribution is 2.27. The van der Waals surface area contributed by atoms with Crippen LogP contribution in [-0.4, -0.2) is 41.4 Å². The van der Waals surface area contributed by atoms with Crippen LogP contribution in [0.3, 0.4) is 0 Å². The van der Waals surface area contributed by atoms with E-state index in [2.05, 4.69) is 22.8 Å². The number of hydrogen-bond acceptors (Lipinski definition) is 4. The Morgan fingerprint density at radius 3 is 2.42 bits per heavy atom. The van der Waals surface area contributed by atoms with E-state index in [0.29, 0.717) is 17.9 Å². The zero-order valence-corrected chi connectivity index (χ0v) is 14.7. The van der Waals surface area contributed by atoms with Gasteiger partial charge in [0.05, 0.1) is 18.7 Å². The number of aliphatic hydroxyl groups is 2. The lowest BCUT2D eigenvalue weighted by atomic mass is 9.86. The molecule has 0 spiro atoms. The third-order valence-corrected chi connectivity index (χ3v) is 5.04. The van der Waals surface area contributed by atoms with E-state index in [0.717, 1.165) is 13.0 Å². The normalized spacial score (nSPS) is 22.4. The molecule has 2 aromatic carbocycles. The Bertz CT molecular complexity index is 693. The minimum absolute atomic E-state index is 0.181. The van der Waals surface area contributed by atoms with E-state index in [1.807, 2.05) is 36.4 Å². The molecule has 2 aromatic rings. The maximum atomic E-state index is 12.7. The van der Waals surface area contributed by atoms with E-state index in [4.69, 9.17) is 0 Å². The SMILES string of the molecule is O=C(NC(CO)C(O)c1ccccc1)C1CC(c2ccccc2)CCN1. The summed E-state index contributed by atoms with van der Waals surface area (Å²) in [4.78, 5) is 12.7. The fraction of sp³-hybridized carbons (Fsp3) is 0.381. The van der Waals surface area contributed by atoms with Crippen molar-refractivity contribution < 1.29 is 15.0 Å². The first-order chi connectivity index (χ1) is 12.7. The molecule has 0 aliphatic carbocycles. The van der Waals surface area contributed by atoms with Gasteiger partial charge in [0, 0.05) is 0 Å². The van der Waals surface area contributed by atoms with Crippen LogP contribution in [0.4, 0.5) is 0 Å². The van der Waals surface area contributed by atoms with Crippen LogP contribution in [0.15, 0.2) is 60.7 Å². The number of carbonyl (C=O) groups excluding carboxylic acids is 1. The summed E-state index contributed by atoms with van der Waals surface area (Å²) in [7, 11) is 0. The molecule has 0 bridgehead atoms. The van der Waals surface area contributed by atoms with Gasteiger partial charge in [-0.2, -0.15) is 0 Å². The molecule has 1 aliphatic rings. The lowest BCUT2D eigenvalue weighted by Gasteiger charge is -2.31. The minimum Gasteiger partial charge on any atom is -0.394 e. The van der Waals surface area contributed by atoms with Crippen LogP contribution in [0.2, 0.25) is 0 Å². The Hall–Kier alpha value is -2.21. The Morgan fingerprint density at radius 2 is 1.77 bits per heavy atom. The highest BCUT2D eigenvalue weighted by Gasteiger charge is 2.30. The lowest BCUT2D eigenvalue weighted by Crippen LogP contribution is -2.53. The Balaban J connectivity index is 1.62. The Labute approximate surface area is 154 Å². The number of nitrogens with one attached hydrogen (secondary N) is 2. The number of amides is 1. The van der Waals surface area contributed by atoms with E-state index >= 15 is 0 Å². The van der Waals surface area contributed by atoms with E-state index in [1.165, 1.54) is 5.56 Å². The zero-order valence-electron chi connectivity index (χ0n) is 14.7. The van der Waals surface area contributed by atoms with Gasteiger partial charge in [0.1, 0.15) is 6.10 Å². The molecule has 4 unspecified atom stereocenters. The lowest BCUT2D eigenvalue weighted by molar-refractivity contribution is -0.126. The summed E-state index contributed by atoms with van der Waals surface area (Å²) in [6, 6.07) is 18.2. The highest BCUT2D eigenvalue weighted by molar-refractivity contribution is 5.82. The van der Waals surface area contributed by atoms with Crippen molar-refractivity contribution >= 4 is 5.91 Å². The van der Waals surface area contributed by atoms with E-state index in [1.54, 1.807) is 12.1 Å². The maximum absolute atomic E-state index is 12.7. The third-order valence-electron chi connectivity index (χ3n) is 5.04. The molecule has 5 nitrogen and oxygen atoms in total. The largest absolute Gasteiger partial charge is 0.394 e. The van der Waals surface area contributed by atoms with E-state index < -0.39 is 12.1 Å². The van der Waals surface area contributed by atoms with Crippen molar-refractivity contribution in [2.75, 3.05) is 13.2 Å². The van der Waals surface area contributed by atoms with Crippen LogP contribution < -0.4 is 10.6 Å². The fourth-order valence-corrected chi connectivity index (χ4v) is 3.54. The van der Waals surface area contributed by atoms with E-state index in [-0.39, 0.29) is 18.6 Å². The van der Waals surface area contributed by atoms with Gasteiger partial charge in [0.15, 0.2) is 0 Å². The van der Waals surface area contributed by atoms with Gasteiger partial charge in [0.2, 0.25) is 5.91 Å². The van der Waals surface area contributed by atoms with Crippen molar-refractivity contribution in [2.45, 2.75) is 36.9 Å². The summed E-state index contributed by atoms with van der Waals surface area (Å²) in [6.07, 6.45) is 0.748. The second-order valence-electron chi connectivity index (χ2n) is 6.79. The summed E-state index contributed by atoms with van der Waals surface area (Å²) in [5, 5.41) is 26.2. The van der Waals surface area contributed by atoms with Crippen LogP contribution in [-0.2, 0) is 4.79 Å². The monoisotopic (exact) mass is 354 g/mol. The van der Waals surface area contributed by atoms with Crippen LogP contribution in [0.5, 0.6) is 0 Å². The molecule has 0 saturated carbocycles. The molecule has 1 heterocycles. The van der Waals surface area contributed by atoms with Crippen molar-refractivity contribution in [2.24, 2.45) is 0 Å². The molecule has 4 atom stereocenters. The first kappa shape index (κ1) is 18.6. The van der Waals surface area contributed by atoms with E-state index in [9.17, 15) is 15.0 Å². The van der Waals surface area contributed by atoms with Crippen molar-refractivity contribution in [1.29, 1.82) is 0 Å². The molecule has 1 fully saturated rings. The number of hydrogen-bond donors (Lipinski definition) is 4. The highest BCUT2D eigenvalue weighted by atomic mass is 16.3.